The molecule has 2 aliphatic heterocycles. The maximum absolute atomic E-state index is 14.1. The van der Waals surface area contributed by atoms with E-state index in [0.717, 1.165) is 55.9 Å². The number of unbranched alkanes of at least 4 members (excludes halogenated alkanes) is 1. The van der Waals surface area contributed by atoms with Gasteiger partial charge in [0.15, 0.2) is 0 Å². The van der Waals surface area contributed by atoms with E-state index in [1.807, 2.05) is 60.7 Å². The number of nitrogens with zero attached hydrogens (tertiary/aromatic N) is 2. The fraction of sp³-hybridized carbons (Fsp3) is 0.310. The lowest BCUT2D eigenvalue weighted by Gasteiger charge is -2.34. The standard InChI is InChI=1S/C29H31N2O4P/c32-28-26-15-7-8-16-27(26)29(33)31(28)20-10-9-19-30-21-17-23(18-22-30)35-36(34,24-11-3-1-4-12-24)25-13-5-2-6-14-25/h1-8,11-16,23H,9-10,17-22H2. The maximum Gasteiger partial charge on any atom is 0.261 e. The molecule has 3 aromatic rings. The van der Waals surface area contributed by atoms with Gasteiger partial charge in [0.25, 0.3) is 19.2 Å². The Morgan fingerprint density at radius 2 is 1.17 bits per heavy atom. The van der Waals surface area contributed by atoms with Crippen LogP contribution in [0.3, 0.4) is 0 Å². The molecule has 0 N–H and O–H groups in total. The van der Waals surface area contributed by atoms with Gasteiger partial charge in [-0.05, 0) is 68.6 Å². The van der Waals surface area contributed by atoms with Crippen LogP contribution >= 0.6 is 7.37 Å². The number of benzene rings is 3. The first-order valence-corrected chi connectivity index (χ1v) is 14.3. The number of piperidine rings is 1. The highest BCUT2D eigenvalue weighted by atomic mass is 31.2. The number of amides is 2. The molecule has 0 saturated carbocycles. The van der Waals surface area contributed by atoms with E-state index < -0.39 is 7.37 Å². The third-order valence-electron chi connectivity index (χ3n) is 7.01. The third-order valence-corrected chi connectivity index (χ3v) is 9.56. The van der Waals surface area contributed by atoms with Crippen LogP contribution < -0.4 is 10.6 Å². The van der Waals surface area contributed by atoms with E-state index in [1.165, 1.54) is 4.90 Å². The second-order valence-corrected chi connectivity index (χ2v) is 11.7. The highest BCUT2D eigenvalue weighted by molar-refractivity contribution is 7.74. The van der Waals surface area contributed by atoms with Crippen LogP contribution in [0.4, 0.5) is 0 Å². The number of imide groups is 1. The lowest BCUT2D eigenvalue weighted by Crippen LogP contribution is -2.38. The van der Waals surface area contributed by atoms with Crippen molar-refractivity contribution in [1.82, 2.24) is 9.80 Å². The fourth-order valence-corrected chi connectivity index (χ4v) is 7.32. The summed E-state index contributed by atoms with van der Waals surface area (Å²) in [6.45, 7) is 3.11. The van der Waals surface area contributed by atoms with Crippen LogP contribution in [-0.4, -0.2) is 53.9 Å². The number of rotatable bonds is 9. The van der Waals surface area contributed by atoms with E-state index in [-0.39, 0.29) is 17.9 Å². The summed E-state index contributed by atoms with van der Waals surface area (Å²) in [7, 11) is -3.18. The van der Waals surface area contributed by atoms with Crippen molar-refractivity contribution >= 4 is 29.8 Å². The van der Waals surface area contributed by atoms with Gasteiger partial charge in [-0.25, -0.2) is 0 Å². The van der Waals surface area contributed by atoms with Gasteiger partial charge in [-0.2, -0.15) is 0 Å². The first kappa shape index (κ1) is 24.6. The zero-order valence-electron chi connectivity index (χ0n) is 20.3. The Morgan fingerprint density at radius 1 is 0.694 bits per heavy atom. The SMILES string of the molecule is O=C1c2ccccc2C(=O)N1CCCCN1CCC(OP(=O)(c2ccccc2)c2ccccc2)CC1. The van der Waals surface area contributed by atoms with E-state index in [1.54, 1.807) is 24.3 Å². The van der Waals surface area contributed by atoms with Gasteiger partial charge in [-0.15, -0.1) is 0 Å². The normalized spacial score (nSPS) is 16.9. The van der Waals surface area contributed by atoms with Gasteiger partial charge in [0, 0.05) is 30.2 Å². The molecule has 2 amide bonds. The molecule has 3 aromatic carbocycles. The minimum atomic E-state index is -3.18. The summed E-state index contributed by atoms with van der Waals surface area (Å²) in [5, 5.41) is 1.46. The summed E-state index contributed by atoms with van der Waals surface area (Å²) < 4.78 is 20.5. The molecule has 36 heavy (non-hydrogen) atoms. The number of likely N-dealkylation sites (tertiary alicyclic amines) is 1. The van der Waals surface area contributed by atoms with Crippen molar-refractivity contribution in [1.29, 1.82) is 0 Å². The second-order valence-electron chi connectivity index (χ2n) is 9.38. The van der Waals surface area contributed by atoms with Crippen LogP contribution in [0.2, 0.25) is 0 Å². The van der Waals surface area contributed by atoms with Crippen LogP contribution in [0.15, 0.2) is 84.9 Å². The molecule has 0 aliphatic carbocycles. The Kier molecular flexibility index (Phi) is 7.47. The van der Waals surface area contributed by atoms with Crippen molar-refractivity contribution < 1.29 is 18.7 Å². The van der Waals surface area contributed by atoms with Gasteiger partial charge in [-0.1, -0.05) is 48.5 Å². The summed E-state index contributed by atoms with van der Waals surface area (Å²) in [5.41, 5.74) is 1.01. The molecule has 1 saturated heterocycles. The van der Waals surface area contributed by atoms with Crippen LogP contribution in [-0.2, 0) is 9.09 Å². The smallest absolute Gasteiger partial charge is 0.261 e. The van der Waals surface area contributed by atoms with E-state index in [2.05, 4.69) is 4.90 Å². The molecule has 6 nitrogen and oxygen atoms in total. The Bertz CT molecular complexity index is 1180. The summed E-state index contributed by atoms with van der Waals surface area (Å²) in [6.07, 6.45) is 3.26. The van der Waals surface area contributed by atoms with Crippen LogP contribution in [0.25, 0.3) is 0 Å². The van der Waals surface area contributed by atoms with E-state index in [0.29, 0.717) is 17.7 Å². The Hall–Kier alpha value is -3.05. The third kappa shape index (κ3) is 5.08. The number of hydrogen-bond acceptors (Lipinski definition) is 5. The molecule has 7 heteroatoms. The van der Waals surface area contributed by atoms with Gasteiger partial charge in [0.2, 0.25) is 0 Å². The zero-order valence-corrected chi connectivity index (χ0v) is 21.2. The van der Waals surface area contributed by atoms with Crippen molar-refractivity contribution in [3.8, 4) is 0 Å². The Balaban J connectivity index is 1.11. The van der Waals surface area contributed by atoms with Gasteiger partial charge in [0.1, 0.15) is 0 Å². The average molecular weight is 503 g/mol. The summed E-state index contributed by atoms with van der Waals surface area (Å²) >= 11 is 0. The maximum atomic E-state index is 14.1. The monoisotopic (exact) mass is 502 g/mol. The van der Waals surface area contributed by atoms with E-state index >= 15 is 0 Å². The predicted octanol–water partition coefficient (Wildman–Crippen LogP) is 4.47. The van der Waals surface area contributed by atoms with E-state index in [4.69, 9.17) is 4.52 Å². The molecule has 5 rings (SSSR count). The molecule has 0 spiro atoms. The van der Waals surface area contributed by atoms with E-state index in [9.17, 15) is 14.2 Å². The minimum Gasteiger partial charge on any atom is -0.319 e. The molecule has 2 heterocycles. The second kappa shape index (κ2) is 10.9. The average Bonchev–Trinajstić information content (AvgIpc) is 3.18. The molecule has 0 unspecified atom stereocenters. The lowest BCUT2D eigenvalue weighted by molar-refractivity contribution is 0.0646. The first-order chi connectivity index (χ1) is 17.6. The topological polar surface area (TPSA) is 66.9 Å². The largest absolute Gasteiger partial charge is 0.319 e. The van der Waals surface area contributed by atoms with Crippen molar-refractivity contribution in [3.63, 3.8) is 0 Å². The molecular formula is C29H31N2O4P. The zero-order chi connectivity index (χ0) is 25.0. The van der Waals surface area contributed by atoms with Crippen LogP contribution in [0.5, 0.6) is 0 Å². The molecule has 0 bridgehead atoms. The number of carbonyl (C=O) groups excluding carboxylic acids is 2. The molecular weight excluding hydrogens is 471 g/mol. The van der Waals surface area contributed by atoms with Crippen LogP contribution in [0, 0.1) is 0 Å². The highest BCUT2D eigenvalue weighted by Gasteiger charge is 2.35. The van der Waals surface area contributed by atoms with Crippen molar-refractivity contribution in [2.75, 3.05) is 26.2 Å². The summed E-state index contributed by atoms with van der Waals surface area (Å²) in [5.74, 6) is -0.371. The molecule has 2 aliphatic rings. The predicted molar refractivity (Wildman–Crippen MR) is 141 cm³/mol. The van der Waals surface area contributed by atoms with Crippen molar-refractivity contribution in [2.45, 2.75) is 31.8 Å². The van der Waals surface area contributed by atoms with Gasteiger partial charge in [-0.3, -0.25) is 19.1 Å². The Labute approximate surface area is 212 Å². The quantitative estimate of drug-likeness (QED) is 0.245. The van der Waals surface area contributed by atoms with Gasteiger partial charge >= 0.3 is 0 Å². The van der Waals surface area contributed by atoms with Crippen LogP contribution in [0.1, 0.15) is 46.4 Å². The Morgan fingerprint density at radius 3 is 1.69 bits per heavy atom. The van der Waals surface area contributed by atoms with Crippen molar-refractivity contribution in [2.24, 2.45) is 0 Å². The molecule has 186 valence electrons. The molecule has 0 radical (unpaired) electrons. The first-order valence-electron chi connectivity index (χ1n) is 12.6. The number of carbonyl (C=O) groups is 2. The summed E-state index contributed by atoms with van der Waals surface area (Å²) in [6, 6.07) is 26.0. The highest BCUT2D eigenvalue weighted by Crippen LogP contribution is 2.47. The molecule has 1 fully saturated rings. The minimum absolute atomic E-state index is 0.0640. The number of fused-ring (bicyclic) bond motifs is 1. The fourth-order valence-electron chi connectivity index (χ4n) is 5.02. The molecule has 0 aromatic heterocycles. The van der Waals surface area contributed by atoms with Crippen molar-refractivity contribution in [3.05, 3.63) is 96.1 Å². The van der Waals surface area contributed by atoms with Gasteiger partial charge < -0.3 is 9.42 Å². The lowest BCUT2D eigenvalue weighted by atomic mass is 10.1. The summed E-state index contributed by atoms with van der Waals surface area (Å²) in [4.78, 5) is 28.8. The number of hydrogen-bond donors (Lipinski definition) is 0. The van der Waals surface area contributed by atoms with Gasteiger partial charge in [0.05, 0.1) is 17.2 Å². The molecule has 0 atom stereocenters.